The van der Waals surface area contributed by atoms with Gasteiger partial charge in [0.2, 0.25) is 0 Å². The Kier molecular flexibility index (Phi) is 3.05. The quantitative estimate of drug-likeness (QED) is 0.823. The van der Waals surface area contributed by atoms with Crippen LogP contribution >= 0.6 is 0 Å². The second kappa shape index (κ2) is 4.49. The Morgan fingerprint density at radius 3 is 2.81 bits per heavy atom. The number of hydrogen-bond donors (Lipinski definition) is 1. The molecule has 0 aliphatic carbocycles. The van der Waals surface area contributed by atoms with E-state index in [1.165, 1.54) is 5.69 Å². The number of nitrogens with zero attached hydrogens (tertiary/aromatic N) is 4. The molecule has 16 heavy (non-hydrogen) atoms. The SMILES string of the molecule is CNCc1cccn1Cc1nnc(C)n1C. The average Bonchev–Trinajstić information content (AvgIpc) is 2.82. The van der Waals surface area contributed by atoms with Crippen molar-refractivity contribution in [1.29, 1.82) is 0 Å². The van der Waals surface area contributed by atoms with Gasteiger partial charge in [0.05, 0.1) is 6.54 Å². The van der Waals surface area contributed by atoms with Crippen LogP contribution in [-0.4, -0.2) is 26.4 Å². The maximum atomic E-state index is 4.16. The van der Waals surface area contributed by atoms with Crippen LogP contribution in [-0.2, 0) is 20.1 Å². The van der Waals surface area contributed by atoms with Crippen LogP contribution in [0.25, 0.3) is 0 Å². The Hall–Kier alpha value is -1.62. The number of aromatic nitrogens is 4. The van der Waals surface area contributed by atoms with E-state index in [-0.39, 0.29) is 0 Å². The standard InChI is InChI=1S/C11H17N5/c1-9-13-14-11(15(9)3)8-16-6-4-5-10(16)7-12-2/h4-6,12H,7-8H2,1-3H3. The van der Waals surface area contributed by atoms with Gasteiger partial charge in [-0.2, -0.15) is 0 Å². The molecule has 2 rings (SSSR count). The lowest BCUT2D eigenvalue weighted by molar-refractivity contribution is 0.646. The fourth-order valence-electron chi connectivity index (χ4n) is 1.69. The highest BCUT2D eigenvalue weighted by molar-refractivity contribution is 5.09. The molecule has 0 aliphatic rings. The molecule has 0 aromatic carbocycles. The molecule has 0 spiro atoms. The Morgan fingerprint density at radius 2 is 2.19 bits per heavy atom. The summed E-state index contributed by atoms with van der Waals surface area (Å²) in [5, 5.41) is 11.4. The van der Waals surface area contributed by atoms with Gasteiger partial charge in [0.15, 0.2) is 5.82 Å². The lowest BCUT2D eigenvalue weighted by atomic mass is 10.4. The molecule has 0 atom stereocenters. The molecule has 0 fully saturated rings. The van der Waals surface area contributed by atoms with Gasteiger partial charge in [0, 0.05) is 25.5 Å². The van der Waals surface area contributed by atoms with Crippen LogP contribution in [0.4, 0.5) is 0 Å². The second-order valence-corrected chi connectivity index (χ2v) is 3.88. The maximum Gasteiger partial charge on any atom is 0.152 e. The molecule has 5 nitrogen and oxygen atoms in total. The topological polar surface area (TPSA) is 47.7 Å². The molecule has 1 N–H and O–H groups in total. The van der Waals surface area contributed by atoms with Crippen molar-refractivity contribution in [3.63, 3.8) is 0 Å². The minimum absolute atomic E-state index is 0.765. The van der Waals surface area contributed by atoms with E-state index in [2.05, 4.69) is 38.4 Å². The van der Waals surface area contributed by atoms with E-state index >= 15 is 0 Å². The predicted octanol–water partition coefficient (Wildman–Crippen LogP) is 0.693. The van der Waals surface area contributed by atoms with Gasteiger partial charge in [-0.25, -0.2) is 0 Å². The molecule has 0 saturated heterocycles. The summed E-state index contributed by atoms with van der Waals surface area (Å²) in [5.74, 6) is 1.92. The Bertz CT molecular complexity index is 468. The first kappa shape index (κ1) is 10.9. The predicted molar refractivity (Wildman–Crippen MR) is 62.0 cm³/mol. The van der Waals surface area contributed by atoms with Crippen molar-refractivity contribution in [1.82, 2.24) is 24.6 Å². The van der Waals surface area contributed by atoms with Crippen LogP contribution in [0.3, 0.4) is 0 Å². The number of nitrogens with one attached hydrogen (secondary N) is 1. The third kappa shape index (κ3) is 1.99. The van der Waals surface area contributed by atoms with Crippen LogP contribution < -0.4 is 5.32 Å². The van der Waals surface area contributed by atoms with Crippen molar-refractivity contribution in [2.24, 2.45) is 7.05 Å². The van der Waals surface area contributed by atoms with E-state index in [1.54, 1.807) is 0 Å². The first-order valence-corrected chi connectivity index (χ1v) is 5.36. The summed E-state index contributed by atoms with van der Waals surface area (Å²) in [7, 11) is 3.94. The second-order valence-electron chi connectivity index (χ2n) is 3.88. The van der Waals surface area contributed by atoms with Crippen molar-refractivity contribution in [3.8, 4) is 0 Å². The minimum atomic E-state index is 0.765. The summed E-state index contributed by atoms with van der Waals surface area (Å²) in [4.78, 5) is 0. The zero-order valence-electron chi connectivity index (χ0n) is 9.94. The van der Waals surface area contributed by atoms with Gasteiger partial charge in [-0.15, -0.1) is 10.2 Å². The zero-order chi connectivity index (χ0) is 11.5. The fourth-order valence-corrected chi connectivity index (χ4v) is 1.69. The maximum absolute atomic E-state index is 4.16. The molecule has 0 bridgehead atoms. The molecular weight excluding hydrogens is 202 g/mol. The molecule has 0 saturated carbocycles. The highest BCUT2D eigenvalue weighted by Crippen LogP contribution is 2.06. The van der Waals surface area contributed by atoms with Crippen LogP contribution in [0.2, 0.25) is 0 Å². The molecular formula is C11H17N5. The molecule has 86 valence electrons. The van der Waals surface area contributed by atoms with Crippen LogP contribution in [0.1, 0.15) is 17.3 Å². The van der Waals surface area contributed by atoms with Crippen LogP contribution in [0, 0.1) is 6.92 Å². The molecule has 0 amide bonds. The van der Waals surface area contributed by atoms with Crippen molar-refractivity contribution in [3.05, 3.63) is 35.7 Å². The molecule has 2 aromatic heterocycles. The van der Waals surface area contributed by atoms with E-state index in [1.807, 2.05) is 25.6 Å². The highest BCUT2D eigenvalue weighted by Gasteiger charge is 2.07. The summed E-state index contributed by atoms with van der Waals surface area (Å²) < 4.78 is 4.20. The zero-order valence-corrected chi connectivity index (χ0v) is 9.94. The summed E-state index contributed by atoms with van der Waals surface area (Å²) in [5.41, 5.74) is 1.25. The van der Waals surface area contributed by atoms with E-state index in [0.29, 0.717) is 0 Å². The van der Waals surface area contributed by atoms with Gasteiger partial charge in [-0.05, 0) is 26.1 Å². The number of aryl methyl sites for hydroxylation is 1. The van der Waals surface area contributed by atoms with Crippen molar-refractivity contribution < 1.29 is 0 Å². The van der Waals surface area contributed by atoms with E-state index < -0.39 is 0 Å². The van der Waals surface area contributed by atoms with E-state index in [4.69, 9.17) is 0 Å². The monoisotopic (exact) mass is 219 g/mol. The average molecular weight is 219 g/mol. The normalized spacial score (nSPS) is 10.9. The van der Waals surface area contributed by atoms with Crippen LogP contribution in [0.15, 0.2) is 18.3 Å². The lowest BCUT2D eigenvalue weighted by Gasteiger charge is -2.08. The highest BCUT2D eigenvalue weighted by atomic mass is 15.3. The Morgan fingerprint density at radius 1 is 1.38 bits per heavy atom. The fraction of sp³-hybridized carbons (Fsp3) is 0.455. The first-order chi connectivity index (χ1) is 7.72. The molecule has 0 aliphatic heterocycles. The van der Waals surface area contributed by atoms with Gasteiger partial charge in [-0.3, -0.25) is 0 Å². The Labute approximate surface area is 95.1 Å². The largest absolute Gasteiger partial charge is 0.343 e. The van der Waals surface area contributed by atoms with Gasteiger partial charge in [-0.1, -0.05) is 0 Å². The number of hydrogen-bond acceptors (Lipinski definition) is 3. The van der Waals surface area contributed by atoms with Crippen molar-refractivity contribution in [2.75, 3.05) is 7.05 Å². The first-order valence-electron chi connectivity index (χ1n) is 5.36. The van der Waals surface area contributed by atoms with Gasteiger partial charge >= 0.3 is 0 Å². The molecule has 0 unspecified atom stereocenters. The Balaban J connectivity index is 2.20. The summed E-state index contributed by atoms with van der Waals surface area (Å²) in [6, 6.07) is 4.16. The summed E-state index contributed by atoms with van der Waals surface area (Å²) >= 11 is 0. The summed E-state index contributed by atoms with van der Waals surface area (Å²) in [6.45, 7) is 3.59. The molecule has 2 heterocycles. The van der Waals surface area contributed by atoms with Crippen molar-refractivity contribution in [2.45, 2.75) is 20.0 Å². The van der Waals surface area contributed by atoms with E-state index in [0.717, 1.165) is 24.7 Å². The lowest BCUT2D eigenvalue weighted by Crippen LogP contribution is -2.13. The smallest absolute Gasteiger partial charge is 0.152 e. The molecule has 2 aromatic rings. The van der Waals surface area contributed by atoms with Gasteiger partial charge < -0.3 is 14.5 Å². The summed E-state index contributed by atoms with van der Waals surface area (Å²) in [6.07, 6.45) is 2.07. The van der Waals surface area contributed by atoms with E-state index in [9.17, 15) is 0 Å². The number of rotatable bonds is 4. The molecule has 0 radical (unpaired) electrons. The minimum Gasteiger partial charge on any atom is -0.343 e. The van der Waals surface area contributed by atoms with Crippen LogP contribution in [0.5, 0.6) is 0 Å². The van der Waals surface area contributed by atoms with Gasteiger partial charge in [0.25, 0.3) is 0 Å². The van der Waals surface area contributed by atoms with Crippen molar-refractivity contribution >= 4 is 0 Å². The third-order valence-corrected chi connectivity index (χ3v) is 2.78. The van der Waals surface area contributed by atoms with Gasteiger partial charge in [0.1, 0.15) is 5.82 Å². The molecule has 5 heteroatoms. The third-order valence-electron chi connectivity index (χ3n) is 2.78.